The highest BCUT2D eigenvalue weighted by atomic mass is 16.6. The van der Waals surface area contributed by atoms with Gasteiger partial charge in [0.25, 0.3) is 0 Å². The second-order valence-corrected chi connectivity index (χ2v) is 7.23. The van der Waals surface area contributed by atoms with Crippen molar-refractivity contribution in [3.63, 3.8) is 0 Å². The molecule has 0 spiro atoms. The van der Waals surface area contributed by atoms with Crippen molar-refractivity contribution in [2.75, 3.05) is 7.05 Å². The van der Waals surface area contributed by atoms with E-state index in [1.54, 1.807) is 14.0 Å². The molecule has 0 heterocycles. The highest BCUT2D eigenvalue weighted by molar-refractivity contribution is 5.72. The summed E-state index contributed by atoms with van der Waals surface area (Å²) < 4.78 is 5.33. The van der Waals surface area contributed by atoms with Gasteiger partial charge < -0.3 is 20.5 Å². The first-order valence-electron chi connectivity index (χ1n) is 9.33. The maximum atomic E-state index is 12.3. The molecular weight excluding hydrogens is 332 g/mol. The Kier molecular flexibility index (Phi) is 7.45. The second kappa shape index (κ2) is 9.57. The fraction of sp³-hybridized carbons (Fsp3) is 0.600. The minimum absolute atomic E-state index is 0.0763. The van der Waals surface area contributed by atoms with Gasteiger partial charge in [0.05, 0.1) is 5.92 Å². The largest absolute Gasteiger partial charge is 0.481 e. The molecule has 3 N–H and O–H groups in total. The number of carboxylic acid groups (broad SMARTS) is 1. The Balaban J connectivity index is 1.96. The zero-order valence-corrected chi connectivity index (χ0v) is 15.6. The third-order valence-electron chi connectivity index (χ3n) is 5.52. The molecule has 6 heteroatoms. The molecular formula is C20H30N2O4. The molecule has 3 atom stereocenters. The van der Waals surface area contributed by atoms with Crippen LogP contribution in [0.2, 0.25) is 0 Å². The number of carbonyl (C=O) groups is 2. The Morgan fingerprint density at radius 3 is 2.42 bits per heavy atom. The van der Waals surface area contributed by atoms with E-state index in [1.165, 1.54) is 4.90 Å². The summed E-state index contributed by atoms with van der Waals surface area (Å²) in [6.07, 6.45) is 4.53. The van der Waals surface area contributed by atoms with Crippen molar-refractivity contribution in [2.24, 2.45) is 17.6 Å². The van der Waals surface area contributed by atoms with E-state index in [-0.39, 0.29) is 12.5 Å². The van der Waals surface area contributed by atoms with Crippen LogP contribution in [0, 0.1) is 11.8 Å². The number of carbonyl (C=O) groups excluding carboxylic acids is 1. The second-order valence-electron chi connectivity index (χ2n) is 7.23. The molecule has 144 valence electrons. The number of hydrogen-bond acceptors (Lipinski definition) is 4. The van der Waals surface area contributed by atoms with Crippen molar-refractivity contribution >= 4 is 12.1 Å². The van der Waals surface area contributed by atoms with Gasteiger partial charge in [-0.3, -0.25) is 4.79 Å². The van der Waals surface area contributed by atoms with Crippen LogP contribution in [-0.4, -0.2) is 41.2 Å². The fourth-order valence-electron chi connectivity index (χ4n) is 3.72. The number of aliphatic carboxylic acids is 1. The molecule has 1 fully saturated rings. The van der Waals surface area contributed by atoms with E-state index >= 15 is 0 Å². The monoisotopic (exact) mass is 362 g/mol. The molecule has 6 nitrogen and oxygen atoms in total. The average Bonchev–Trinajstić information content (AvgIpc) is 2.66. The summed E-state index contributed by atoms with van der Waals surface area (Å²) in [5.74, 6) is -1.44. The van der Waals surface area contributed by atoms with Gasteiger partial charge in [0.15, 0.2) is 0 Å². The van der Waals surface area contributed by atoms with Crippen LogP contribution in [0.5, 0.6) is 0 Å². The van der Waals surface area contributed by atoms with E-state index in [2.05, 4.69) is 0 Å². The maximum Gasteiger partial charge on any atom is 0.410 e. The maximum absolute atomic E-state index is 12.3. The van der Waals surface area contributed by atoms with Gasteiger partial charge >= 0.3 is 12.1 Å². The molecule has 0 radical (unpaired) electrons. The zero-order valence-electron chi connectivity index (χ0n) is 15.6. The number of likely N-dealkylation sites (N-methyl/N-ethyl adjacent to an activating group) is 1. The topological polar surface area (TPSA) is 92.9 Å². The average molecular weight is 362 g/mol. The van der Waals surface area contributed by atoms with Crippen molar-refractivity contribution in [1.82, 2.24) is 4.90 Å². The number of carboxylic acids is 1. The molecule has 1 aliphatic rings. The Morgan fingerprint density at radius 1 is 1.23 bits per heavy atom. The first kappa shape index (κ1) is 20.2. The summed E-state index contributed by atoms with van der Waals surface area (Å²) in [5.41, 5.74) is 7.21. The molecule has 0 aliphatic heterocycles. The van der Waals surface area contributed by atoms with Crippen molar-refractivity contribution in [2.45, 2.75) is 57.7 Å². The van der Waals surface area contributed by atoms with Crippen LogP contribution in [0.15, 0.2) is 30.3 Å². The van der Waals surface area contributed by atoms with Gasteiger partial charge in [0.2, 0.25) is 0 Å². The Labute approximate surface area is 155 Å². The summed E-state index contributed by atoms with van der Waals surface area (Å²) in [7, 11) is 1.61. The number of rotatable bonds is 7. The smallest absolute Gasteiger partial charge is 0.410 e. The molecule has 1 aliphatic carbocycles. The van der Waals surface area contributed by atoms with E-state index < -0.39 is 30.1 Å². The number of benzene rings is 1. The molecule has 1 saturated carbocycles. The van der Waals surface area contributed by atoms with E-state index in [1.807, 2.05) is 30.3 Å². The van der Waals surface area contributed by atoms with Gasteiger partial charge in [-0.05, 0) is 31.2 Å². The van der Waals surface area contributed by atoms with Crippen molar-refractivity contribution < 1.29 is 19.4 Å². The number of nitrogens with two attached hydrogens (primary N) is 1. The summed E-state index contributed by atoms with van der Waals surface area (Å²) in [6.45, 7) is 1.96. The molecule has 1 amide bonds. The van der Waals surface area contributed by atoms with E-state index in [0.717, 1.165) is 37.7 Å². The summed E-state index contributed by atoms with van der Waals surface area (Å²) in [6, 6.07) is 8.36. The molecule has 0 bridgehead atoms. The molecule has 26 heavy (non-hydrogen) atoms. The molecule has 1 aromatic carbocycles. The van der Waals surface area contributed by atoms with Crippen molar-refractivity contribution in [3.05, 3.63) is 35.9 Å². The summed E-state index contributed by atoms with van der Waals surface area (Å²) in [4.78, 5) is 25.6. The molecule has 2 rings (SSSR count). The fourth-order valence-corrected chi connectivity index (χ4v) is 3.72. The number of nitrogens with zero attached hydrogens (tertiary/aromatic N) is 1. The van der Waals surface area contributed by atoms with Gasteiger partial charge in [-0.1, -0.05) is 49.6 Å². The SMILES string of the molecule is C[C@@H](C(N)[C@@H](C(=O)O)C1CCCCC1)N(C)C(=O)OCc1ccccc1. The van der Waals surface area contributed by atoms with Gasteiger partial charge in [-0.25, -0.2) is 4.79 Å². The minimum atomic E-state index is -0.873. The van der Waals surface area contributed by atoms with Crippen molar-refractivity contribution in [1.29, 1.82) is 0 Å². The lowest BCUT2D eigenvalue weighted by molar-refractivity contribution is -0.145. The third-order valence-corrected chi connectivity index (χ3v) is 5.52. The van der Waals surface area contributed by atoms with E-state index in [4.69, 9.17) is 10.5 Å². The van der Waals surface area contributed by atoms with E-state index in [0.29, 0.717) is 0 Å². The molecule has 1 aromatic rings. The molecule has 0 aromatic heterocycles. The van der Waals surface area contributed by atoms with Crippen LogP contribution in [-0.2, 0) is 16.1 Å². The summed E-state index contributed by atoms with van der Waals surface area (Å²) in [5, 5.41) is 9.70. The van der Waals surface area contributed by atoms with Crippen LogP contribution < -0.4 is 5.73 Å². The van der Waals surface area contributed by atoms with Gasteiger partial charge in [-0.2, -0.15) is 0 Å². The third kappa shape index (κ3) is 5.21. The first-order valence-corrected chi connectivity index (χ1v) is 9.33. The minimum Gasteiger partial charge on any atom is -0.481 e. The first-order chi connectivity index (χ1) is 12.4. The Bertz CT molecular complexity index is 587. The number of amides is 1. The van der Waals surface area contributed by atoms with Gasteiger partial charge in [-0.15, -0.1) is 0 Å². The van der Waals surface area contributed by atoms with Crippen LogP contribution in [0.1, 0.15) is 44.6 Å². The standard InChI is InChI=1S/C20H30N2O4/c1-14(18(21)17(19(23)24)16-11-7-4-8-12-16)22(2)20(25)26-13-15-9-5-3-6-10-15/h3,5-6,9-10,14,16-18H,4,7-8,11-13,21H2,1-2H3,(H,23,24)/t14-,17-,18?/m0/s1. The Morgan fingerprint density at radius 2 is 1.85 bits per heavy atom. The predicted molar refractivity (Wildman–Crippen MR) is 99.5 cm³/mol. The normalized spacial score (nSPS) is 18.6. The molecule has 1 unspecified atom stereocenters. The lowest BCUT2D eigenvalue weighted by Crippen LogP contribution is -2.54. The van der Waals surface area contributed by atoms with E-state index in [9.17, 15) is 14.7 Å². The zero-order chi connectivity index (χ0) is 19.1. The highest BCUT2D eigenvalue weighted by Gasteiger charge is 2.38. The van der Waals surface area contributed by atoms with Crippen LogP contribution in [0.4, 0.5) is 4.79 Å². The van der Waals surface area contributed by atoms with Gasteiger partial charge in [0, 0.05) is 19.1 Å². The highest BCUT2D eigenvalue weighted by Crippen LogP contribution is 2.33. The van der Waals surface area contributed by atoms with Crippen LogP contribution in [0.3, 0.4) is 0 Å². The number of ether oxygens (including phenoxy) is 1. The summed E-state index contributed by atoms with van der Waals surface area (Å²) >= 11 is 0. The predicted octanol–water partition coefficient (Wildman–Crippen LogP) is 3.25. The van der Waals surface area contributed by atoms with Crippen LogP contribution >= 0.6 is 0 Å². The lowest BCUT2D eigenvalue weighted by Gasteiger charge is -2.37. The van der Waals surface area contributed by atoms with Crippen LogP contribution in [0.25, 0.3) is 0 Å². The van der Waals surface area contributed by atoms with Gasteiger partial charge in [0.1, 0.15) is 6.61 Å². The molecule has 0 saturated heterocycles. The quantitative estimate of drug-likeness (QED) is 0.777. The lowest BCUT2D eigenvalue weighted by atomic mass is 9.75. The number of hydrogen-bond donors (Lipinski definition) is 2. The Hall–Kier alpha value is -2.08. The van der Waals surface area contributed by atoms with Crippen molar-refractivity contribution in [3.8, 4) is 0 Å².